The van der Waals surface area contributed by atoms with Gasteiger partial charge in [-0.25, -0.2) is 13.2 Å². The normalized spacial score (nSPS) is 14.3. The number of rotatable bonds is 7. The van der Waals surface area contributed by atoms with Crippen LogP contribution >= 0.6 is 0 Å². The van der Waals surface area contributed by atoms with Gasteiger partial charge in [-0.15, -0.1) is 0 Å². The molecule has 12 heteroatoms. The molecule has 1 amide bonds. The summed E-state index contributed by atoms with van der Waals surface area (Å²) in [6.07, 6.45) is -3.46. The zero-order chi connectivity index (χ0) is 24.9. The molecular weight excluding hydrogens is 465 g/mol. The lowest BCUT2D eigenvalue weighted by atomic mass is 9.95. The van der Waals surface area contributed by atoms with E-state index in [1.54, 1.807) is 24.3 Å². The van der Waals surface area contributed by atoms with Crippen LogP contribution in [0.4, 0.5) is 18.9 Å². The fourth-order valence-electron chi connectivity index (χ4n) is 2.94. The molecule has 3 N–H and O–H groups in total. The van der Waals surface area contributed by atoms with Crippen LogP contribution in [0.1, 0.15) is 25.3 Å². The number of alkyl halides is 3. The number of carboxylic acids is 1. The molecule has 1 saturated carbocycles. The SMILES string of the molecule is CCNC(=O)C1(c2ccc(NS(=O)(=O)c3cccc(OC)c3)cc2)CC1.O=C(O)C(F)(F)F. The lowest BCUT2D eigenvalue weighted by molar-refractivity contribution is -0.192. The number of methoxy groups -OCH3 is 1. The van der Waals surface area contributed by atoms with E-state index in [1.165, 1.54) is 19.2 Å². The monoisotopic (exact) mass is 488 g/mol. The molecule has 0 bridgehead atoms. The van der Waals surface area contributed by atoms with E-state index in [2.05, 4.69) is 10.0 Å². The molecule has 0 spiro atoms. The van der Waals surface area contributed by atoms with Crippen LogP contribution in [0.15, 0.2) is 53.4 Å². The lowest BCUT2D eigenvalue weighted by Gasteiger charge is -2.16. The van der Waals surface area contributed by atoms with E-state index in [0.29, 0.717) is 18.0 Å². The maximum Gasteiger partial charge on any atom is 0.490 e. The Hall–Kier alpha value is -3.28. The average molecular weight is 488 g/mol. The van der Waals surface area contributed by atoms with Crippen LogP contribution < -0.4 is 14.8 Å². The Morgan fingerprint density at radius 2 is 1.70 bits per heavy atom. The third-order valence-corrected chi connectivity index (χ3v) is 6.18. The first-order valence-electron chi connectivity index (χ1n) is 9.71. The molecule has 0 aromatic heterocycles. The summed E-state index contributed by atoms with van der Waals surface area (Å²) in [5, 5.41) is 9.99. The summed E-state index contributed by atoms with van der Waals surface area (Å²) < 4.78 is 64.4. The minimum absolute atomic E-state index is 0.0321. The van der Waals surface area contributed by atoms with Gasteiger partial charge in [0.25, 0.3) is 10.0 Å². The van der Waals surface area contributed by atoms with E-state index < -0.39 is 27.6 Å². The van der Waals surface area contributed by atoms with Gasteiger partial charge in [0.05, 0.1) is 17.4 Å². The molecule has 0 unspecified atom stereocenters. The Balaban J connectivity index is 0.000000479. The number of sulfonamides is 1. The Morgan fingerprint density at radius 3 is 2.15 bits per heavy atom. The molecule has 180 valence electrons. The second kappa shape index (κ2) is 10.1. The molecular formula is C21H23F3N2O6S. The van der Waals surface area contributed by atoms with Crippen LogP contribution in [0.25, 0.3) is 0 Å². The predicted molar refractivity (Wildman–Crippen MR) is 114 cm³/mol. The minimum atomic E-state index is -5.08. The number of hydrogen-bond acceptors (Lipinski definition) is 5. The quantitative estimate of drug-likeness (QED) is 0.550. The number of nitrogens with one attached hydrogen (secondary N) is 2. The molecule has 0 atom stereocenters. The maximum absolute atomic E-state index is 12.5. The molecule has 0 saturated heterocycles. The van der Waals surface area contributed by atoms with Crippen molar-refractivity contribution in [1.29, 1.82) is 0 Å². The number of aliphatic carboxylic acids is 1. The van der Waals surface area contributed by atoms with Crippen molar-refractivity contribution in [2.75, 3.05) is 18.4 Å². The second-order valence-electron chi connectivity index (χ2n) is 7.11. The Kier molecular flexibility index (Phi) is 7.96. The van der Waals surface area contributed by atoms with Crippen molar-refractivity contribution in [3.63, 3.8) is 0 Å². The molecule has 33 heavy (non-hydrogen) atoms. The summed E-state index contributed by atoms with van der Waals surface area (Å²) in [7, 11) is -2.23. The van der Waals surface area contributed by atoms with E-state index in [0.717, 1.165) is 18.4 Å². The molecule has 2 aromatic rings. The number of anilines is 1. The molecule has 8 nitrogen and oxygen atoms in total. The van der Waals surface area contributed by atoms with Gasteiger partial charge in [-0.05, 0) is 49.6 Å². The molecule has 1 aliphatic carbocycles. The van der Waals surface area contributed by atoms with Gasteiger partial charge in [0.15, 0.2) is 0 Å². The van der Waals surface area contributed by atoms with E-state index in [4.69, 9.17) is 14.6 Å². The highest BCUT2D eigenvalue weighted by molar-refractivity contribution is 7.92. The van der Waals surface area contributed by atoms with Crippen molar-refractivity contribution < 1.29 is 41.0 Å². The Labute approximate surface area is 188 Å². The largest absolute Gasteiger partial charge is 0.497 e. The Bertz CT molecular complexity index is 1100. The van der Waals surface area contributed by atoms with E-state index >= 15 is 0 Å². The number of ether oxygens (including phenoxy) is 1. The van der Waals surface area contributed by atoms with Crippen molar-refractivity contribution in [2.45, 2.75) is 36.3 Å². The number of carbonyl (C=O) groups is 2. The molecule has 3 rings (SSSR count). The van der Waals surface area contributed by atoms with Gasteiger partial charge in [-0.3, -0.25) is 9.52 Å². The molecule has 1 aliphatic rings. The number of likely N-dealkylation sites (N-methyl/N-ethyl adjacent to an activating group) is 1. The first-order chi connectivity index (χ1) is 15.4. The number of halogens is 3. The zero-order valence-corrected chi connectivity index (χ0v) is 18.6. The van der Waals surface area contributed by atoms with E-state index in [-0.39, 0.29) is 10.8 Å². The third kappa shape index (κ3) is 6.60. The number of carboxylic acid groups (broad SMARTS) is 1. The van der Waals surface area contributed by atoms with E-state index in [9.17, 15) is 26.4 Å². The predicted octanol–water partition coefficient (Wildman–Crippen LogP) is 3.30. The van der Waals surface area contributed by atoms with Crippen molar-refractivity contribution in [3.05, 3.63) is 54.1 Å². The number of amides is 1. The summed E-state index contributed by atoms with van der Waals surface area (Å²) in [4.78, 5) is 21.3. The molecule has 0 aliphatic heterocycles. The number of benzene rings is 2. The van der Waals surface area contributed by atoms with Crippen molar-refractivity contribution in [1.82, 2.24) is 5.32 Å². The number of hydrogen-bond donors (Lipinski definition) is 3. The summed E-state index contributed by atoms with van der Waals surface area (Å²) in [5.41, 5.74) is 0.899. The van der Waals surface area contributed by atoms with Crippen LogP contribution in [-0.4, -0.2) is 45.2 Å². The summed E-state index contributed by atoms with van der Waals surface area (Å²) in [6.45, 7) is 2.49. The van der Waals surface area contributed by atoms with Gasteiger partial charge in [0.1, 0.15) is 5.75 Å². The maximum atomic E-state index is 12.5. The van der Waals surface area contributed by atoms with Crippen LogP contribution in [0.3, 0.4) is 0 Å². The summed E-state index contributed by atoms with van der Waals surface area (Å²) in [6, 6.07) is 13.3. The topological polar surface area (TPSA) is 122 Å². The van der Waals surface area contributed by atoms with Gasteiger partial charge < -0.3 is 15.2 Å². The first-order valence-corrected chi connectivity index (χ1v) is 11.2. The van der Waals surface area contributed by atoms with Crippen LogP contribution in [0.5, 0.6) is 5.75 Å². The fourth-order valence-corrected chi connectivity index (χ4v) is 4.03. The summed E-state index contributed by atoms with van der Waals surface area (Å²) in [5.74, 6) is -2.25. The standard InChI is InChI=1S/C19H22N2O4S.C2HF3O2/c1-3-20-18(22)19(11-12-19)14-7-9-15(10-8-14)21-26(23,24)17-6-4-5-16(13-17)25-2;3-2(4,5)1(6)7/h4-10,13,21H,3,11-12H2,1-2H3,(H,20,22);(H,6,7). The second-order valence-corrected chi connectivity index (χ2v) is 8.79. The van der Waals surface area contributed by atoms with Gasteiger partial charge >= 0.3 is 12.1 Å². The molecule has 0 radical (unpaired) electrons. The summed E-state index contributed by atoms with van der Waals surface area (Å²) >= 11 is 0. The fraction of sp³-hybridized carbons (Fsp3) is 0.333. The van der Waals surface area contributed by atoms with Crippen LogP contribution in [0.2, 0.25) is 0 Å². The minimum Gasteiger partial charge on any atom is -0.497 e. The molecule has 1 fully saturated rings. The number of carbonyl (C=O) groups excluding carboxylic acids is 1. The van der Waals surface area contributed by atoms with Crippen molar-refractivity contribution in [3.8, 4) is 5.75 Å². The zero-order valence-electron chi connectivity index (χ0n) is 17.8. The van der Waals surface area contributed by atoms with Crippen LogP contribution in [0, 0.1) is 0 Å². The van der Waals surface area contributed by atoms with E-state index in [1.807, 2.05) is 19.1 Å². The van der Waals surface area contributed by atoms with Crippen molar-refractivity contribution in [2.24, 2.45) is 0 Å². The average Bonchev–Trinajstić information content (AvgIpc) is 3.56. The first kappa shape index (κ1) is 26.0. The van der Waals surface area contributed by atoms with Crippen LogP contribution in [-0.2, 0) is 25.0 Å². The van der Waals surface area contributed by atoms with Gasteiger partial charge in [-0.2, -0.15) is 13.2 Å². The molecule has 2 aromatic carbocycles. The lowest BCUT2D eigenvalue weighted by Crippen LogP contribution is -2.34. The third-order valence-electron chi connectivity index (χ3n) is 4.81. The van der Waals surface area contributed by atoms with Gasteiger partial charge in [0, 0.05) is 18.3 Å². The van der Waals surface area contributed by atoms with Gasteiger partial charge in [-0.1, -0.05) is 18.2 Å². The highest BCUT2D eigenvalue weighted by atomic mass is 32.2. The smallest absolute Gasteiger partial charge is 0.490 e. The highest BCUT2D eigenvalue weighted by Gasteiger charge is 2.50. The molecule has 0 heterocycles. The van der Waals surface area contributed by atoms with Gasteiger partial charge in [0.2, 0.25) is 5.91 Å². The van der Waals surface area contributed by atoms with Crippen molar-refractivity contribution >= 4 is 27.6 Å². The highest BCUT2D eigenvalue weighted by Crippen LogP contribution is 2.48. The Morgan fingerprint density at radius 1 is 1.12 bits per heavy atom.